The van der Waals surface area contributed by atoms with Crippen LogP contribution in [0.5, 0.6) is 17.2 Å². The van der Waals surface area contributed by atoms with Crippen LogP contribution in [-0.2, 0) is 0 Å². The van der Waals surface area contributed by atoms with Crippen molar-refractivity contribution in [2.45, 2.75) is 13.8 Å². The van der Waals surface area contributed by atoms with Gasteiger partial charge in [-0.2, -0.15) is 5.10 Å². The third-order valence-corrected chi connectivity index (χ3v) is 3.40. The molecule has 7 nitrogen and oxygen atoms in total. The van der Waals surface area contributed by atoms with Gasteiger partial charge in [-0.25, -0.2) is 5.43 Å². The van der Waals surface area contributed by atoms with Gasteiger partial charge in [0.05, 0.1) is 38.7 Å². The largest absolute Gasteiger partial charge is 0.496 e. The molecule has 2 rings (SSSR count). The van der Waals surface area contributed by atoms with E-state index in [1.165, 1.54) is 20.4 Å². The van der Waals surface area contributed by atoms with Gasteiger partial charge in [-0.15, -0.1) is 0 Å². The van der Waals surface area contributed by atoms with Crippen LogP contribution >= 0.6 is 0 Å². The van der Waals surface area contributed by atoms with E-state index in [-0.39, 0.29) is 5.91 Å². The van der Waals surface area contributed by atoms with Gasteiger partial charge in [-0.1, -0.05) is 0 Å². The lowest BCUT2D eigenvalue weighted by atomic mass is 10.2. The van der Waals surface area contributed by atoms with Gasteiger partial charge >= 0.3 is 0 Å². The summed E-state index contributed by atoms with van der Waals surface area (Å²) in [6.07, 6.45) is 1.46. The van der Waals surface area contributed by atoms with Gasteiger partial charge in [0.15, 0.2) is 0 Å². The number of rotatable bonds is 6. The number of aryl methyl sites for hydroxylation is 2. The molecule has 0 aliphatic rings. The van der Waals surface area contributed by atoms with Crippen LogP contribution in [0.15, 0.2) is 27.7 Å². The van der Waals surface area contributed by atoms with Crippen LogP contribution in [0.2, 0.25) is 0 Å². The highest BCUT2D eigenvalue weighted by molar-refractivity contribution is 5.96. The zero-order chi connectivity index (χ0) is 17.7. The van der Waals surface area contributed by atoms with E-state index in [9.17, 15) is 4.79 Å². The van der Waals surface area contributed by atoms with Crippen LogP contribution in [0.25, 0.3) is 0 Å². The molecule has 1 heterocycles. The molecule has 1 N–H and O–H groups in total. The maximum Gasteiger partial charge on any atom is 0.274 e. The van der Waals surface area contributed by atoms with Crippen molar-refractivity contribution in [2.75, 3.05) is 21.3 Å². The van der Waals surface area contributed by atoms with Crippen molar-refractivity contribution in [1.82, 2.24) is 5.43 Å². The fourth-order valence-electron chi connectivity index (χ4n) is 2.23. The molecule has 24 heavy (non-hydrogen) atoms. The van der Waals surface area contributed by atoms with Gasteiger partial charge in [-0.3, -0.25) is 4.79 Å². The number of carbonyl (C=O) groups excluding carboxylic acids is 1. The Labute approximate surface area is 140 Å². The summed E-state index contributed by atoms with van der Waals surface area (Å²) in [5.41, 5.74) is 3.49. The minimum atomic E-state index is -0.355. The number of methoxy groups -OCH3 is 3. The number of hydrogen-bond acceptors (Lipinski definition) is 6. The summed E-state index contributed by atoms with van der Waals surface area (Å²) >= 11 is 0. The Morgan fingerprint density at radius 2 is 1.71 bits per heavy atom. The van der Waals surface area contributed by atoms with Crippen LogP contribution in [0.3, 0.4) is 0 Å². The Morgan fingerprint density at radius 1 is 1.08 bits per heavy atom. The SMILES string of the molecule is COc1cc(OC)c(/C=N\NC(=O)c2cc(C)oc2C)c(OC)c1. The van der Waals surface area contributed by atoms with E-state index in [0.29, 0.717) is 39.9 Å². The highest BCUT2D eigenvalue weighted by Gasteiger charge is 2.14. The predicted molar refractivity (Wildman–Crippen MR) is 89.3 cm³/mol. The molecule has 1 amide bonds. The summed E-state index contributed by atoms with van der Waals surface area (Å²) in [5.74, 6) is 2.47. The van der Waals surface area contributed by atoms with Crippen LogP contribution in [0, 0.1) is 13.8 Å². The molecule has 1 aromatic heterocycles. The van der Waals surface area contributed by atoms with E-state index in [0.717, 1.165) is 0 Å². The van der Waals surface area contributed by atoms with E-state index in [1.54, 1.807) is 39.2 Å². The molecule has 0 bridgehead atoms. The number of furan rings is 1. The topological polar surface area (TPSA) is 82.3 Å². The number of ether oxygens (including phenoxy) is 3. The molecule has 0 aliphatic carbocycles. The van der Waals surface area contributed by atoms with Gasteiger partial charge in [-0.05, 0) is 19.9 Å². The third kappa shape index (κ3) is 3.68. The first-order valence-electron chi connectivity index (χ1n) is 7.20. The number of hydrogen-bond donors (Lipinski definition) is 1. The minimum absolute atomic E-state index is 0.355. The Hall–Kier alpha value is -2.96. The fourth-order valence-corrected chi connectivity index (χ4v) is 2.23. The first-order valence-corrected chi connectivity index (χ1v) is 7.20. The molecular weight excluding hydrogens is 312 g/mol. The van der Waals surface area contributed by atoms with Gasteiger partial charge in [0.1, 0.15) is 28.8 Å². The van der Waals surface area contributed by atoms with Crippen molar-refractivity contribution >= 4 is 12.1 Å². The standard InChI is InChI=1S/C17H20N2O5/c1-10-6-13(11(2)24-10)17(20)19-18-9-14-15(22-4)7-12(21-3)8-16(14)23-5/h6-9H,1-5H3,(H,19,20)/b18-9-. The van der Waals surface area contributed by atoms with Crippen LogP contribution < -0.4 is 19.6 Å². The number of benzene rings is 1. The maximum atomic E-state index is 12.1. The van der Waals surface area contributed by atoms with Crippen molar-refractivity contribution in [3.63, 3.8) is 0 Å². The number of hydrazone groups is 1. The summed E-state index contributed by atoms with van der Waals surface area (Å²) < 4.78 is 21.1. The van der Waals surface area contributed by atoms with Crippen LogP contribution in [0.4, 0.5) is 0 Å². The molecule has 0 radical (unpaired) electrons. The van der Waals surface area contributed by atoms with Crippen molar-refractivity contribution in [2.24, 2.45) is 5.10 Å². The van der Waals surface area contributed by atoms with Gasteiger partial charge in [0, 0.05) is 12.1 Å². The molecule has 0 saturated heterocycles. The summed E-state index contributed by atoms with van der Waals surface area (Å²) in [5, 5.41) is 3.97. The molecule has 0 aliphatic heterocycles. The van der Waals surface area contributed by atoms with E-state index >= 15 is 0 Å². The van der Waals surface area contributed by atoms with Gasteiger partial charge < -0.3 is 18.6 Å². The predicted octanol–water partition coefficient (Wildman–Crippen LogP) is 2.69. The number of nitrogens with zero attached hydrogens (tertiary/aromatic N) is 1. The molecule has 0 saturated carbocycles. The lowest BCUT2D eigenvalue weighted by Gasteiger charge is -2.12. The average Bonchev–Trinajstić information content (AvgIpc) is 2.92. The van der Waals surface area contributed by atoms with E-state index in [1.807, 2.05) is 0 Å². The lowest BCUT2D eigenvalue weighted by Crippen LogP contribution is -2.18. The number of amides is 1. The summed E-state index contributed by atoms with van der Waals surface area (Å²) in [4.78, 5) is 12.1. The van der Waals surface area contributed by atoms with Crippen LogP contribution in [-0.4, -0.2) is 33.5 Å². The average molecular weight is 332 g/mol. The molecule has 7 heteroatoms. The summed E-state index contributed by atoms with van der Waals surface area (Å²) in [6.45, 7) is 3.50. The highest BCUT2D eigenvalue weighted by Crippen LogP contribution is 2.32. The van der Waals surface area contributed by atoms with Crippen molar-refractivity contribution in [3.05, 3.63) is 40.8 Å². The monoisotopic (exact) mass is 332 g/mol. The first kappa shape index (κ1) is 17.4. The van der Waals surface area contributed by atoms with Crippen molar-refractivity contribution in [1.29, 1.82) is 0 Å². The van der Waals surface area contributed by atoms with E-state index in [4.69, 9.17) is 18.6 Å². The first-order chi connectivity index (χ1) is 11.5. The van der Waals surface area contributed by atoms with E-state index < -0.39 is 0 Å². The normalized spacial score (nSPS) is 10.7. The van der Waals surface area contributed by atoms with Crippen LogP contribution in [0.1, 0.15) is 27.4 Å². The maximum absolute atomic E-state index is 12.1. The molecule has 2 aromatic rings. The lowest BCUT2D eigenvalue weighted by molar-refractivity contribution is 0.0953. The number of nitrogens with one attached hydrogen (secondary N) is 1. The Bertz CT molecular complexity index is 739. The Balaban J connectivity index is 2.22. The molecule has 0 fully saturated rings. The molecule has 0 unspecified atom stereocenters. The molecular formula is C17H20N2O5. The third-order valence-electron chi connectivity index (χ3n) is 3.40. The second-order valence-corrected chi connectivity index (χ2v) is 4.97. The van der Waals surface area contributed by atoms with E-state index in [2.05, 4.69) is 10.5 Å². The molecule has 0 atom stereocenters. The Kier molecular flexibility index (Phi) is 5.47. The second-order valence-electron chi connectivity index (χ2n) is 4.97. The molecule has 128 valence electrons. The summed E-state index contributed by atoms with van der Waals surface area (Å²) in [7, 11) is 4.61. The Morgan fingerprint density at radius 3 is 2.17 bits per heavy atom. The fraction of sp³-hybridized carbons (Fsp3) is 0.294. The van der Waals surface area contributed by atoms with Crippen molar-refractivity contribution < 1.29 is 23.4 Å². The zero-order valence-electron chi connectivity index (χ0n) is 14.3. The highest BCUT2D eigenvalue weighted by atomic mass is 16.5. The zero-order valence-corrected chi connectivity index (χ0v) is 14.3. The second kappa shape index (κ2) is 7.54. The molecule has 0 spiro atoms. The van der Waals surface area contributed by atoms with Crippen molar-refractivity contribution in [3.8, 4) is 17.2 Å². The van der Waals surface area contributed by atoms with Gasteiger partial charge in [0.2, 0.25) is 0 Å². The minimum Gasteiger partial charge on any atom is -0.496 e. The smallest absolute Gasteiger partial charge is 0.274 e. The summed E-state index contributed by atoms with van der Waals surface area (Å²) in [6, 6.07) is 5.07. The van der Waals surface area contributed by atoms with Gasteiger partial charge in [0.25, 0.3) is 5.91 Å². The molecule has 1 aromatic carbocycles. The number of carbonyl (C=O) groups is 1. The quantitative estimate of drug-likeness (QED) is 0.649.